The van der Waals surface area contributed by atoms with E-state index in [4.69, 9.17) is 27.3 Å². The molecule has 2 nitrogen and oxygen atoms in total. The third kappa shape index (κ3) is 2.28. The lowest BCUT2D eigenvalue weighted by Crippen LogP contribution is -2.16. The van der Waals surface area contributed by atoms with Crippen molar-refractivity contribution in [2.45, 2.75) is 6.42 Å². The van der Waals surface area contributed by atoms with Crippen LogP contribution in [0.25, 0.3) is 0 Å². The number of terminal acetylenes is 1. The van der Waals surface area contributed by atoms with Gasteiger partial charge in [0.1, 0.15) is 0 Å². The Morgan fingerprint density at radius 3 is 2.91 bits per heavy atom. The van der Waals surface area contributed by atoms with E-state index in [1.165, 1.54) is 0 Å². The van der Waals surface area contributed by atoms with Crippen LogP contribution in [0.5, 0.6) is 0 Å². The van der Waals surface area contributed by atoms with Crippen LogP contribution in [-0.2, 0) is 20.9 Å². The summed E-state index contributed by atoms with van der Waals surface area (Å²) in [6.07, 6.45) is 7.00. The lowest BCUT2D eigenvalue weighted by atomic mass is 10.1. The molecule has 0 aromatic heterocycles. The molecule has 0 aromatic carbocycles. The lowest BCUT2D eigenvalue weighted by molar-refractivity contribution is 0.231. The van der Waals surface area contributed by atoms with E-state index in [0.717, 1.165) is 12.6 Å². The Morgan fingerprint density at radius 1 is 1.82 bits per heavy atom. The third-order valence-electron chi connectivity index (χ3n) is 1.74. The fourth-order valence-electron chi connectivity index (χ4n) is 0.941. The zero-order valence-electron chi connectivity index (χ0n) is 6.45. The Labute approximate surface area is 72.4 Å². The molecule has 0 amide bonds. The average Bonchev–Trinajstić information content (AvgIpc) is 2.06. The van der Waals surface area contributed by atoms with E-state index >= 15 is 0 Å². The monoisotopic (exact) mass is 190 g/mol. The summed E-state index contributed by atoms with van der Waals surface area (Å²) in [4.78, 5) is 0. The van der Waals surface area contributed by atoms with Crippen LogP contribution in [0.4, 0.5) is 0 Å². The third-order valence-corrected chi connectivity index (χ3v) is 4.95. The van der Waals surface area contributed by atoms with E-state index in [-0.39, 0.29) is 5.92 Å². The van der Waals surface area contributed by atoms with E-state index in [1.54, 1.807) is 7.11 Å². The predicted octanol–water partition coefficient (Wildman–Crippen LogP) is 1.61. The molecular formula is C7H11O2PS. The Bertz CT molecular complexity index is 209. The van der Waals surface area contributed by atoms with Gasteiger partial charge in [0.15, 0.2) is 6.49 Å². The minimum Gasteiger partial charge on any atom is -0.333 e. The molecule has 1 rings (SSSR count). The van der Waals surface area contributed by atoms with Gasteiger partial charge < -0.3 is 9.05 Å². The maximum Gasteiger partial charge on any atom is 0.188 e. The lowest BCUT2D eigenvalue weighted by Gasteiger charge is -2.27. The molecule has 0 spiro atoms. The Morgan fingerprint density at radius 2 is 2.55 bits per heavy atom. The van der Waals surface area contributed by atoms with Gasteiger partial charge in [0.25, 0.3) is 0 Å². The van der Waals surface area contributed by atoms with E-state index in [2.05, 4.69) is 5.92 Å². The van der Waals surface area contributed by atoms with Gasteiger partial charge in [0.05, 0.1) is 6.61 Å². The highest BCUT2D eigenvalue weighted by Gasteiger charge is 2.25. The summed E-state index contributed by atoms with van der Waals surface area (Å²) in [5, 5.41) is 0. The largest absolute Gasteiger partial charge is 0.333 e. The quantitative estimate of drug-likeness (QED) is 0.462. The van der Waals surface area contributed by atoms with Gasteiger partial charge in [0, 0.05) is 19.2 Å². The molecule has 2 unspecified atom stereocenters. The molecule has 0 N–H and O–H groups in total. The van der Waals surface area contributed by atoms with Crippen LogP contribution in [0.2, 0.25) is 0 Å². The molecule has 1 fully saturated rings. The zero-order valence-corrected chi connectivity index (χ0v) is 8.16. The highest BCUT2D eigenvalue weighted by Crippen LogP contribution is 2.51. The van der Waals surface area contributed by atoms with Gasteiger partial charge in [-0.15, -0.1) is 12.3 Å². The molecular weight excluding hydrogens is 179 g/mol. The van der Waals surface area contributed by atoms with Crippen molar-refractivity contribution in [3.05, 3.63) is 0 Å². The summed E-state index contributed by atoms with van der Waals surface area (Å²) < 4.78 is 10.5. The molecule has 0 bridgehead atoms. The smallest absolute Gasteiger partial charge is 0.188 e. The molecule has 62 valence electrons. The van der Waals surface area contributed by atoms with Crippen molar-refractivity contribution >= 4 is 18.3 Å². The highest BCUT2D eigenvalue weighted by atomic mass is 32.5. The molecule has 1 saturated heterocycles. The van der Waals surface area contributed by atoms with Crippen molar-refractivity contribution in [3.8, 4) is 12.3 Å². The van der Waals surface area contributed by atoms with Crippen molar-refractivity contribution in [2.24, 2.45) is 5.92 Å². The van der Waals surface area contributed by atoms with Gasteiger partial charge in [-0.05, 0) is 18.2 Å². The number of hydrogen-bond donors (Lipinski definition) is 0. The molecule has 4 heteroatoms. The van der Waals surface area contributed by atoms with Crippen molar-refractivity contribution in [3.63, 3.8) is 0 Å². The maximum absolute atomic E-state index is 5.38. The molecule has 2 atom stereocenters. The first kappa shape index (κ1) is 9.22. The number of rotatable bonds is 1. The Hall–Kier alpha value is 0.130. The minimum absolute atomic E-state index is 0.237. The van der Waals surface area contributed by atoms with Crippen LogP contribution in [0, 0.1) is 18.3 Å². The van der Waals surface area contributed by atoms with Gasteiger partial charge in [-0.1, -0.05) is 0 Å². The van der Waals surface area contributed by atoms with E-state index in [0.29, 0.717) is 6.61 Å². The van der Waals surface area contributed by atoms with Crippen molar-refractivity contribution in [1.29, 1.82) is 0 Å². The topological polar surface area (TPSA) is 18.5 Å². The summed E-state index contributed by atoms with van der Waals surface area (Å²) in [5.41, 5.74) is 0. The molecule has 0 aromatic rings. The molecule has 0 radical (unpaired) electrons. The van der Waals surface area contributed by atoms with Gasteiger partial charge in [0.2, 0.25) is 0 Å². The second-order valence-electron chi connectivity index (χ2n) is 2.47. The van der Waals surface area contributed by atoms with Gasteiger partial charge in [-0.2, -0.15) is 0 Å². The van der Waals surface area contributed by atoms with Crippen LogP contribution >= 0.6 is 6.49 Å². The van der Waals surface area contributed by atoms with E-state index in [9.17, 15) is 0 Å². The average molecular weight is 190 g/mol. The molecule has 0 aliphatic carbocycles. The van der Waals surface area contributed by atoms with Crippen LogP contribution in [-0.4, -0.2) is 19.9 Å². The Balaban J connectivity index is 2.49. The predicted molar refractivity (Wildman–Crippen MR) is 49.1 cm³/mol. The second-order valence-corrected chi connectivity index (χ2v) is 6.43. The highest BCUT2D eigenvalue weighted by molar-refractivity contribution is 8.09. The van der Waals surface area contributed by atoms with Crippen LogP contribution in [0.1, 0.15) is 6.42 Å². The van der Waals surface area contributed by atoms with Crippen molar-refractivity contribution < 1.29 is 9.05 Å². The molecule has 11 heavy (non-hydrogen) atoms. The fourth-order valence-corrected chi connectivity index (χ4v) is 2.89. The van der Waals surface area contributed by atoms with Crippen LogP contribution in [0.15, 0.2) is 0 Å². The van der Waals surface area contributed by atoms with Crippen LogP contribution < -0.4 is 0 Å². The molecule has 1 aliphatic rings. The maximum atomic E-state index is 5.38. The van der Waals surface area contributed by atoms with E-state index < -0.39 is 6.49 Å². The zero-order chi connectivity index (χ0) is 8.32. The first-order valence-electron chi connectivity index (χ1n) is 3.45. The number of hydrogen-bond acceptors (Lipinski definition) is 3. The first-order chi connectivity index (χ1) is 5.20. The summed E-state index contributed by atoms with van der Waals surface area (Å²) in [7, 11) is 1.61. The standard InChI is InChI=1S/C7H11O2PS/c1-3-7-4-5-10(11,8-2)9-6-7/h1,7H,4-6H2,2H3. The molecule has 1 heterocycles. The van der Waals surface area contributed by atoms with Gasteiger partial charge in [-0.25, -0.2) is 0 Å². The minimum atomic E-state index is -1.91. The molecule has 0 saturated carbocycles. The second kappa shape index (κ2) is 3.69. The summed E-state index contributed by atoms with van der Waals surface area (Å²) in [6.45, 7) is -1.34. The fraction of sp³-hybridized carbons (Fsp3) is 0.714. The van der Waals surface area contributed by atoms with Crippen LogP contribution in [0.3, 0.4) is 0 Å². The first-order valence-corrected chi connectivity index (χ1v) is 6.28. The summed E-state index contributed by atoms with van der Waals surface area (Å²) in [6, 6.07) is 0. The normalized spacial score (nSPS) is 38.0. The van der Waals surface area contributed by atoms with Gasteiger partial charge in [-0.3, -0.25) is 0 Å². The van der Waals surface area contributed by atoms with Gasteiger partial charge >= 0.3 is 0 Å². The summed E-state index contributed by atoms with van der Waals surface area (Å²) >= 11 is 5.15. The Kier molecular flexibility index (Phi) is 3.09. The summed E-state index contributed by atoms with van der Waals surface area (Å²) in [5.74, 6) is 2.89. The SMILES string of the molecule is C#CC1CCP(=S)(OC)OC1. The van der Waals surface area contributed by atoms with E-state index in [1.807, 2.05) is 0 Å². The molecule has 1 aliphatic heterocycles. The van der Waals surface area contributed by atoms with Crippen molar-refractivity contribution in [1.82, 2.24) is 0 Å². The van der Waals surface area contributed by atoms with Crippen molar-refractivity contribution in [2.75, 3.05) is 19.9 Å².